The summed E-state index contributed by atoms with van der Waals surface area (Å²) >= 11 is 5.60. The summed E-state index contributed by atoms with van der Waals surface area (Å²) in [6.45, 7) is 14.6. The van der Waals surface area contributed by atoms with E-state index in [1.54, 1.807) is 95.8 Å². The number of hydrogen-bond donors (Lipinski definition) is 9. The molecule has 0 saturated heterocycles. The highest BCUT2D eigenvalue weighted by Gasteiger charge is 2.25. The lowest BCUT2D eigenvalue weighted by Gasteiger charge is -2.17. The van der Waals surface area contributed by atoms with Crippen molar-refractivity contribution in [2.45, 2.75) is 121 Å². The van der Waals surface area contributed by atoms with Crippen molar-refractivity contribution >= 4 is 108 Å². The molecule has 1 aliphatic heterocycles. The number of fused-ring (bicyclic) bond motifs is 2. The molecule has 4 heterocycles. The molecule has 0 radical (unpaired) electrons. The molecule has 26 heteroatoms. The molecule has 5 aromatic rings. The number of carbonyl (C=O) groups excluding carboxylic acids is 7. The summed E-state index contributed by atoms with van der Waals surface area (Å²) in [5, 5.41) is 38.4. The van der Waals surface area contributed by atoms with Gasteiger partial charge in [0.1, 0.15) is 51.5 Å². The first-order valence-electron chi connectivity index (χ1n) is 32.4. The number of rotatable bonds is 35. The van der Waals surface area contributed by atoms with Crippen LogP contribution in [0.2, 0.25) is 0 Å². The predicted octanol–water partition coefficient (Wildman–Crippen LogP) is 11.4. The SMILES string of the molecule is C.C.CCSSCC.CN.CNC[C@H](CC(=O)CCCC(=S)Cc1ccc(-c2c3ccc(=O)cc-3oc3cc(O)ccc23)c(C(=O)O)c1)C(=O)NCCCC(C)=O.Cc1cc(C(=O)Nc2cc(C(=O)Nc3cc(C(=O)NCCCN(C)C)n(C)c3)n(C)c2)n(CNCCC(=O)C(C)C)c1. The van der Waals surface area contributed by atoms with Gasteiger partial charge < -0.3 is 70.3 Å². The molecule has 0 saturated carbocycles. The van der Waals surface area contributed by atoms with Crippen LogP contribution in [0.25, 0.3) is 33.4 Å². The van der Waals surface area contributed by atoms with Crippen LogP contribution in [0.15, 0.2) is 101 Å². The number of aryl methyl sites for hydroxylation is 3. The Morgan fingerprint density at radius 2 is 1.33 bits per heavy atom. The molecule has 0 fully saturated rings. The molecule has 99 heavy (non-hydrogen) atoms. The van der Waals surface area contributed by atoms with Crippen molar-refractivity contribution in [1.29, 1.82) is 0 Å². The van der Waals surface area contributed by atoms with E-state index in [4.69, 9.17) is 16.6 Å². The Bertz CT molecular complexity index is 3830. The number of ketones is 3. The van der Waals surface area contributed by atoms with Crippen molar-refractivity contribution in [2.24, 2.45) is 31.7 Å². The van der Waals surface area contributed by atoms with Gasteiger partial charge >= 0.3 is 5.97 Å². The fourth-order valence-electron chi connectivity index (χ4n) is 10.3. The van der Waals surface area contributed by atoms with E-state index in [-0.39, 0.29) is 97.1 Å². The quantitative estimate of drug-likeness (QED) is 0.00771. The number of phenols is 1. The number of amides is 4. The molecule has 542 valence electrons. The third kappa shape index (κ3) is 28.5. The molecular weight excluding hydrogens is 1320 g/mol. The van der Waals surface area contributed by atoms with E-state index in [0.29, 0.717) is 138 Å². The van der Waals surface area contributed by atoms with Crippen LogP contribution < -0.4 is 43.1 Å². The first-order chi connectivity index (χ1) is 46.2. The Morgan fingerprint density at radius 3 is 1.93 bits per heavy atom. The van der Waals surface area contributed by atoms with E-state index < -0.39 is 11.9 Å². The minimum absolute atomic E-state index is 0. The molecule has 2 aliphatic rings. The number of nitrogens with one attached hydrogen (secondary N) is 6. The lowest BCUT2D eigenvalue weighted by atomic mass is 9.89. The maximum absolute atomic E-state index is 13.1. The molecule has 1 atom stereocenters. The normalized spacial score (nSPS) is 11.0. The molecular formula is C73H105N11O12S3. The number of phenolic OH excluding ortho intramolecular Hbond substituents is 1. The zero-order chi connectivity index (χ0) is 71.9. The summed E-state index contributed by atoms with van der Waals surface area (Å²) in [6, 6.07) is 19.0. The maximum atomic E-state index is 13.1. The van der Waals surface area contributed by atoms with Crippen LogP contribution in [-0.4, -0.2) is 153 Å². The number of thiocarbonyl (C=S) groups is 1. The predicted molar refractivity (Wildman–Crippen MR) is 407 cm³/mol. The summed E-state index contributed by atoms with van der Waals surface area (Å²) in [7, 11) is 14.5. The lowest BCUT2D eigenvalue weighted by Crippen LogP contribution is -2.37. The number of aromatic hydroxyl groups is 1. The number of benzene rings is 3. The molecule has 0 unspecified atom stereocenters. The first kappa shape index (κ1) is 86.8. The number of aromatic nitrogens is 3. The zero-order valence-corrected chi connectivity index (χ0v) is 60.4. The fourth-order valence-corrected chi connectivity index (χ4v) is 11.9. The van der Waals surface area contributed by atoms with Crippen LogP contribution in [0, 0.1) is 18.8 Å². The van der Waals surface area contributed by atoms with Gasteiger partial charge in [0.25, 0.3) is 17.7 Å². The number of carbonyl (C=O) groups is 8. The monoisotopic (exact) mass is 1420 g/mol. The minimum Gasteiger partial charge on any atom is -0.508 e. The minimum atomic E-state index is -1.14. The number of carboxylic acid groups (broad SMARTS) is 1. The Labute approximate surface area is 596 Å². The number of nitrogens with zero attached hydrogens (tertiary/aromatic N) is 4. The smallest absolute Gasteiger partial charge is 0.336 e. The van der Waals surface area contributed by atoms with Gasteiger partial charge in [-0.3, -0.25) is 38.9 Å². The Hall–Kier alpha value is -8.24. The number of aromatic carboxylic acids is 1. The third-order valence-electron chi connectivity index (χ3n) is 15.0. The summed E-state index contributed by atoms with van der Waals surface area (Å²) in [6.07, 6.45) is 9.13. The van der Waals surface area contributed by atoms with Gasteiger partial charge in [0, 0.05) is 137 Å². The highest BCUT2D eigenvalue weighted by atomic mass is 33.1. The van der Waals surface area contributed by atoms with Crippen LogP contribution in [0.3, 0.4) is 0 Å². The van der Waals surface area contributed by atoms with E-state index in [0.717, 1.165) is 18.5 Å². The molecule has 10 N–H and O–H groups in total. The Kier molecular flexibility index (Phi) is 39.2. The van der Waals surface area contributed by atoms with Gasteiger partial charge in [-0.25, -0.2) is 4.79 Å². The van der Waals surface area contributed by atoms with Crippen LogP contribution in [0.1, 0.15) is 154 Å². The van der Waals surface area contributed by atoms with Gasteiger partial charge in [0.05, 0.1) is 29.5 Å². The van der Waals surface area contributed by atoms with Gasteiger partial charge in [-0.05, 0) is 144 Å². The summed E-state index contributed by atoms with van der Waals surface area (Å²) in [4.78, 5) is 114. The second-order valence-corrected chi connectivity index (χ2v) is 27.3. The third-order valence-corrected chi connectivity index (χ3v) is 17.9. The van der Waals surface area contributed by atoms with Crippen LogP contribution >= 0.6 is 33.8 Å². The number of hydrogen-bond acceptors (Lipinski definition) is 18. The van der Waals surface area contributed by atoms with Crippen molar-refractivity contribution in [3.05, 3.63) is 135 Å². The van der Waals surface area contributed by atoms with Crippen LogP contribution in [0.5, 0.6) is 5.75 Å². The average molecular weight is 1420 g/mol. The number of nitrogens with two attached hydrogens (primary N) is 1. The molecule has 4 amide bonds. The van der Waals surface area contributed by atoms with E-state index in [1.165, 1.54) is 49.7 Å². The number of Topliss-reactive ketones (excluding diaryl/α,β-unsaturated/α-hetero) is 3. The van der Waals surface area contributed by atoms with Gasteiger partial charge in [-0.2, -0.15) is 0 Å². The van der Waals surface area contributed by atoms with Gasteiger partial charge in [0.2, 0.25) is 5.91 Å². The van der Waals surface area contributed by atoms with Gasteiger partial charge in [-0.15, -0.1) is 0 Å². The van der Waals surface area contributed by atoms with Crippen molar-refractivity contribution in [2.75, 3.05) is 83.1 Å². The van der Waals surface area contributed by atoms with E-state index in [2.05, 4.69) is 56.4 Å². The van der Waals surface area contributed by atoms with Crippen molar-refractivity contribution < 1.29 is 53.0 Å². The number of anilines is 2. The molecule has 1 aliphatic carbocycles. The van der Waals surface area contributed by atoms with Crippen LogP contribution in [0.4, 0.5) is 11.4 Å². The largest absolute Gasteiger partial charge is 0.508 e. The Balaban J connectivity index is 0.000000599. The van der Waals surface area contributed by atoms with Crippen molar-refractivity contribution in [1.82, 2.24) is 39.9 Å². The summed E-state index contributed by atoms with van der Waals surface area (Å²) < 4.78 is 11.0. The van der Waals surface area contributed by atoms with E-state index >= 15 is 0 Å². The maximum Gasteiger partial charge on any atom is 0.336 e. The molecule has 0 bridgehead atoms. The molecule has 7 rings (SSSR count). The first-order valence-corrected chi connectivity index (χ1v) is 35.2. The van der Waals surface area contributed by atoms with Gasteiger partial charge in [0.15, 0.2) is 5.43 Å². The highest BCUT2D eigenvalue weighted by Crippen LogP contribution is 2.42. The summed E-state index contributed by atoms with van der Waals surface area (Å²) in [5.74, 6) is 0.148. The lowest BCUT2D eigenvalue weighted by molar-refractivity contribution is -0.129. The molecule has 3 aromatic heterocycles. The second kappa shape index (κ2) is 44.7. The molecule has 2 aromatic carbocycles. The average Bonchev–Trinajstić information content (AvgIpc) is 1.33. The highest BCUT2D eigenvalue weighted by molar-refractivity contribution is 8.76. The standard InChI is InChI=1S/C36H38N2O8S.C30H44N8O4.C4H10S2.CH5N.2CH4/c1-21(39)5-4-14-38-35(43)23(20-37-2)17-24(40)6-3-7-27(47)15-22-8-11-28(31(16-22)36(44)45)34-29-12-9-25(41)18-32(29)46-33-19-26(42)10-13-30(33)34;1-20(2)27(39)9-11-31-19-38-16-21(3)13-26(38)30(42)34-23-15-25(37(7)18-23)29(41)33-22-14-24(36(6)17-22)28(40)32-10-8-12-35(4)5;1-3-5-6-4-2;1-2;;/h8-13,16,18-19,23,37,41H,3-7,14-15,17,20H2,1-2H3,(H,38,43)(H,44,45);13-18,20,31H,8-12,19H2,1-7H3,(H,32,40)(H,33,41)(H,34,42);3-4H2,1-2H3;2H2,1H3;2*1H4/t23-;;;;;/m0...../s1. The topological polar surface area (TPSA) is 323 Å². The van der Waals surface area contributed by atoms with Gasteiger partial charge in [-0.1, -0.05) is 88.5 Å². The summed E-state index contributed by atoms with van der Waals surface area (Å²) in [5.41, 5.74) is 9.95. The second-order valence-electron chi connectivity index (χ2n) is 23.6. The Morgan fingerprint density at radius 1 is 0.717 bits per heavy atom. The molecule has 23 nitrogen and oxygen atoms in total. The van der Waals surface area contributed by atoms with E-state index in [9.17, 15) is 53.4 Å². The number of carboxylic acids is 1. The molecule has 0 spiro atoms. The van der Waals surface area contributed by atoms with Crippen molar-refractivity contribution in [3.8, 4) is 28.2 Å². The zero-order valence-electron chi connectivity index (χ0n) is 57.9. The van der Waals surface area contributed by atoms with Crippen molar-refractivity contribution in [3.63, 3.8) is 0 Å². The van der Waals surface area contributed by atoms with Crippen LogP contribution in [-0.2, 0) is 46.4 Å². The fraction of sp³-hybridized carbons (Fsp3) is 0.452. The van der Waals surface area contributed by atoms with E-state index in [1.807, 2.05) is 62.7 Å².